The summed E-state index contributed by atoms with van der Waals surface area (Å²) in [6.45, 7) is 2.24. The molecule has 0 atom stereocenters. The van der Waals surface area contributed by atoms with Gasteiger partial charge in [0, 0.05) is 31.6 Å². The second-order valence-corrected chi connectivity index (χ2v) is 4.69. The minimum absolute atomic E-state index is 0.184. The molecule has 1 aromatic rings. The average molecular weight is 270 g/mol. The number of carbonyl (C=O) groups is 1. The number of hydrogen-bond donors (Lipinski definition) is 0. The summed E-state index contributed by atoms with van der Waals surface area (Å²) in [7, 11) is 1.30. The number of halogens is 2. The molecule has 2 heterocycles. The molecule has 0 N–H and O–H groups in total. The molecule has 1 aliphatic heterocycles. The van der Waals surface area contributed by atoms with Gasteiger partial charge >= 0.3 is 5.97 Å². The Morgan fingerprint density at radius 3 is 2.58 bits per heavy atom. The highest BCUT2D eigenvalue weighted by molar-refractivity contribution is 5.90. The summed E-state index contributed by atoms with van der Waals surface area (Å²) < 4.78 is 30.9. The zero-order valence-corrected chi connectivity index (χ0v) is 10.9. The summed E-state index contributed by atoms with van der Waals surface area (Å²) in [5.41, 5.74) is 1.05. The van der Waals surface area contributed by atoms with E-state index in [1.54, 1.807) is 24.0 Å². The molecule has 0 bridgehead atoms. The van der Waals surface area contributed by atoms with Gasteiger partial charge < -0.3 is 9.64 Å². The number of rotatable bonds is 2. The van der Waals surface area contributed by atoms with Crippen LogP contribution in [-0.4, -0.2) is 37.1 Å². The standard InChI is InChI=1S/C13H16F2N2O2/c1-9-7-10(12(18)19-2)8-11(16-9)17-5-3-13(14,15)4-6-17/h7-8H,3-6H2,1-2H3. The zero-order valence-electron chi connectivity index (χ0n) is 10.9. The third-order valence-electron chi connectivity index (χ3n) is 3.18. The fraction of sp³-hybridized carbons (Fsp3) is 0.538. The highest BCUT2D eigenvalue weighted by Crippen LogP contribution is 2.30. The van der Waals surface area contributed by atoms with Crippen LogP contribution in [0, 0.1) is 6.92 Å². The Labute approximate surface area is 110 Å². The Hall–Kier alpha value is -1.72. The molecule has 1 aromatic heterocycles. The van der Waals surface area contributed by atoms with Gasteiger partial charge in [-0.05, 0) is 19.1 Å². The van der Waals surface area contributed by atoms with Crippen molar-refractivity contribution in [2.75, 3.05) is 25.1 Å². The molecule has 6 heteroatoms. The quantitative estimate of drug-likeness (QED) is 0.774. The lowest BCUT2D eigenvalue weighted by atomic mass is 10.1. The molecule has 0 aromatic carbocycles. The molecule has 1 aliphatic rings. The second-order valence-electron chi connectivity index (χ2n) is 4.69. The predicted molar refractivity (Wildman–Crippen MR) is 66.7 cm³/mol. The van der Waals surface area contributed by atoms with Crippen LogP contribution >= 0.6 is 0 Å². The van der Waals surface area contributed by atoms with Gasteiger partial charge in [-0.25, -0.2) is 18.6 Å². The molecule has 2 rings (SSSR count). The van der Waals surface area contributed by atoms with Crippen LogP contribution < -0.4 is 4.90 Å². The van der Waals surface area contributed by atoms with E-state index >= 15 is 0 Å². The van der Waals surface area contributed by atoms with Gasteiger partial charge in [0.2, 0.25) is 0 Å². The monoisotopic (exact) mass is 270 g/mol. The third-order valence-corrected chi connectivity index (χ3v) is 3.18. The number of hydrogen-bond acceptors (Lipinski definition) is 4. The van der Waals surface area contributed by atoms with Crippen LogP contribution in [0.1, 0.15) is 28.9 Å². The normalized spacial score (nSPS) is 18.2. The first-order valence-corrected chi connectivity index (χ1v) is 6.11. The number of esters is 1. The average Bonchev–Trinajstić information content (AvgIpc) is 2.37. The summed E-state index contributed by atoms with van der Waals surface area (Å²) in [6, 6.07) is 3.20. The highest BCUT2D eigenvalue weighted by atomic mass is 19.3. The number of piperidine rings is 1. The SMILES string of the molecule is COC(=O)c1cc(C)nc(N2CCC(F)(F)CC2)c1. The van der Waals surface area contributed by atoms with E-state index in [-0.39, 0.29) is 25.9 Å². The number of aromatic nitrogens is 1. The van der Waals surface area contributed by atoms with Gasteiger partial charge in [-0.2, -0.15) is 0 Å². The number of anilines is 1. The van der Waals surface area contributed by atoms with Gasteiger partial charge in [0.05, 0.1) is 12.7 Å². The van der Waals surface area contributed by atoms with Crippen LogP contribution in [0.3, 0.4) is 0 Å². The van der Waals surface area contributed by atoms with Crippen LogP contribution in [0.5, 0.6) is 0 Å². The van der Waals surface area contributed by atoms with E-state index in [0.29, 0.717) is 17.1 Å². The first kappa shape index (κ1) is 13.7. The zero-order chi connectivity index (χ0) is 14.0. The maximum absolute atomic E-state index is 13.1. The molecule has 4 nitrogen and oxygen atoms in total. The lowest BCUT2D eigenvalue weighted by molar-refractivity contribution is -0.0221. The molecule has 1 fully saturated rings. The van der Waals surface area contributed by atoms with E-state index in [1.807, 2.05) is 0 Å². The number of carbonyl (C=O) groups excluding carboxylic acids is 1. The van der Waals surface area contributed by atoms with Gasteiger partial charge in [-0.1, -0.05) is 0 Å². The van der Waals surface area contributed by atoms with E-state index in [9.17, 15) is 13.6 Å². The summed E-state index contributed by atoms with van der Waals surface area (Å²) in [5, 5.41) is 0. The number of alkyl halides is 2. The van der Waals surface area contributed by atoms with Gasteiger partial charge in [0.1, 0.15) is 5.82 Å². The van der Waals surface area contributed by atoms with Crippen molar-refractivity contribution in [1.29, 1.82) is 0 Å². The predicted octanol–water partition coefficient (Wildman–Crippen LogP) is 2.41. The van der Waals surface area contributed by atoms with E-state index in [4.69, 9.17) is 0 Å². The molecule has 0 spiro atoms. The molecular weight excluding hydrogens is 254 g/mol. The largest absolute Gasteiger partial charge is 0.465 e. The number of pyridine rings is 1. The van der Waals surface area contributed by atoms with Gasteiger partial charge in [-0.3, -0.25) is 0 Å². The minimum atomic E-state index is -2.59. The smallest absolute Gasteiger partial charge is 0.338 e. The Balaban J connectivity index is 2.21. The Morgan fingerprint density at radius 1 is 1.37 bits per heavy atom. The van der Waals surface area contributed by atoms with Crippen LogP contribution in [0.15, 0.2) is 12.1 Å². The van der Waals surface area contributed by atoms with E-state index < -0.39 is 11.9 Å². The van der Waals surface area contributed by atoms with E-state index in [1.165, 1.54) is 7.11 Å². The minimum Gasteiger partial charge on any atom is -0.465 e. The van der Waals surface area contributed by atoms with Crippen LogP contribution in [0.2, 0.25) is 0 Å². The third kappa shape index (κ3) is 3.19. The summed E-state index contributed by atoms with van der Waals surface area (Å²) >= 11 is 0. The summed E-state index contributed by atoms with van der Waals surface area (Å²) in [6.07, 6.45) is -0.369. The molecule has 1 saturated heterocycles. The Morgan fingerprint density at radius 2 is 2.00 bits per heavy atom. The molecule has 104 valence electrons. The summed E-state index contributed by atoms with van der Waals surface area (Å²) in [4.78, 5) is 17.6. The van der Waals surface area contributed by atoms with E-state index in [2.05, 4.69) is 9.72 Å². The molecule has 0 unspecified atom stereocenters. The van der Waals surface area contributed by atoms with Crippen molar-refractivity contribution in [2.45, 2.75) is 25.7 Å². The van der Waals surface area contributed by atoms with Crippen molar-refractivity contribution in [3.8, 4) is 0 Å². The van der Waals surface area contributed by atoms with Crippen molar-refractivity contribution < 1.29 is 18.3 Å². The molecule has 0 aliphatic carbocycles. The topological polar surface area (TPSA) is 42.4 Å². The fourth-order valence-corrected chi connectivity index (χ4v) is 2.11. The lowest BCUT2D eigenvalue weighted by Crippen LogP contribution is -2.39. The van der Waals surface area contributed by atoms with Crippen molar-refractivity contribution in [3.63, 3.8) is 0 Å². The molecule has 19 heavy (non-hydrogen) atoms. The maximum atomic E-state index is 13.1. The van der Waals surface area contributed by atoms with Crippen LogP contribution in [0.4, 0.5) is 14.6 Å². The Kier molecular flexibility index (Phi) is 3.68. The van der Waals surface area contributed by atoms with Crippen LogP contribution in [0.25, 0.3) is 0 Å². The van der Waals surface area contributed by atoms with Crippen molar-refractivity contribution in [1.82, 2.24) is 4.98 Å². The lowest BCUT2D eigenvalue weighted by Gasteiger charge is -2.32. The van der Waals surface area contributed by atoms with Gasteiger partial charge in [0.15, 0.2) is 0 Å². The number of ether oxygens (including phenoxy) is 1. The number of nitrogens with zero attached hydrogens (tertiary/aromatic N) is 2. The van der Waals surface area contributed by atoms with E-state index in [0.717, 1.165) is 0 Å². The van der Waals surface area contributed by atoms with Crippen molar-refractivity contribution >= 4 is 11.8 Å². The second kappa shape index (κ2) is 5.11. The highest BCUT2D eigenvalue weighted by Gasteiger charge is 2.34. The Bertz CT molecular complexity index is 482. The first-order valence-electron chi connectivity index (χ1n) is 6.11. The maximum Gasteiger partial charge on any atom is 0.338 e. The molecule has 0 amide bonds. The van der Waals surface area contributed by atoms with Gasteiger partial charge in [0.25, 0.3) is 5.92 Å². The van der Waals surface area contributed by atoms with Crippen LogP contribution in [-0.2, 0) is 4.74 Å². The van der Waals surface area contributed by atoms with Crippen molar-refractivity contribution in [3.05, 3.63) is 23.4 Å². The number of aryl methyl sites for hydroxylation is 1. The van der Waals surface area contributed by atoms with Crippen molar-refractivity contribution in [2.24, 2.45) is 0 Å². The molecule has 0 saturated carbocycles. The molecule has 0 radical (unpaired) electrons. The summed E-state index contributed by atoms with van der Waals surface area (Å²) in [5.74, 6) is -2.49. The van der Waals surface area contributed by atoms with Gasteiger partial charge in [-0.15, -0.1) is 0 Å². The first-order chi connectivity index (χ1) is 8.91. The number of methoxy groups -OCH3 is 1. The fourth-order valence-electron chi connectivity index (χ4n) is 2.11. The molecular formula is C13H16F2N2O2.